The van der Waals surface area contributed by atoms with Crippen LogP contribution in [0, 0.1) is 0 Å². The average Bonchev–Trinajstić information content (AvgIpc) is 2.87. The minimum atomic E-state index is -3.63. The second-order valence-corrected chi connectivity index (χ2v) is 8.30. The fraction of sp³-hybridized carbons (Fsp3) is 0.286. The van der Waals surface area contributed by atoms with Gasteiger partial charge in [0.25, 0.3) is 0 Å². The molecule has 1 aromatic carbocycles. The highest BCUT2D eigenvalue weighted by Gasteiger charge is 2.35. The van der Waals surface area contributed by atoms with Crippen molar-refractivity contribution < 1.29 is 8.42 Å². The number of rotatable bonds is 2. The molecule has 2 N–H and O–H groups in total. The van der Waals surface area contributed by atoms with Crippen molar-refractivity contribution in [3.05, 3.63) is 45.1 Å². The number of sulfonamides is 1. The first-order valence-corrected chi connectivity index (χ1v) is 9.24. The van der Waals surface area contributed by atoms with Crippen molar-refractivity contribution in [3.63, 3.8) is 0 Å². The van der Waals surface area contributed by atoms with Gasteiger partial charge in [-0.3, -0.25) is 0 Å². The zero-order valence-electron chi connectivity index (χ0n) is 11.4. The van der Waals surface area contributed by atoms with Gasteiger partial charge in [-0.25, -0.2) is 8.42 Å². The smallest absolute Gasteiger partial charge is 0.245 e. The molecule has 0 radical (unpaired) electrons. The van der Waals surface area contributed by atoms with E-state index in [1.807, 2.05) is 18.4 Å². The van der Waals surface area contributed by atoms with Crippen LogP contribution < -0.4 is 5.73 Å². The van der Waals surface area contributed by atoms with Gasteiger partial charge in [0, 0.05) is 23.2 Å². The number of halogens is 1. The Morgan fingerprint density at radius 3 is 2.86 bits per heavy atom. The minimum Gasteiger partial charge on any atom is -0.399 e. The normalized spacial score (nSPS) is 19.4. The van der Waals surface area contributed by atoms with E-state index in [1.54, 1.807) is 17.4 Å². The molecule has 112 valence electrons. The molecule has 0 bridgehead atoms. The van der Waals surface area contributed by atoms with E-state index < -0.39 is 10.0 Å². The van der Waals surface area contributed by atoms with Crippen molar-refractivity contribution >= 4 is 38.6 Å². The van der Waals surface area contributed by atoms with Crippen molar-refractivity contribution in [2.45, 2.75) is 24.3 Å². The van der Waals surface area contributed by atoms with E-state index in [9.17, 15) is 8.42 Å². The lowest BCUT2D eigenvalue weighted by Gasteiger charge is -2.32. The number of fused-ring (bicyclic) bond motifs is 1. The maximum absolute atomic E-state index is 12.9. The summed E-state index contributed by atoms with van der Waals surface area (Å²) in [5.41, 5.74) is 7.17. The molecule has 21 heavy (non-hydrogen) atoms. The number of benzene rings is 1. The predicted molar refractivity (Wildman–Crippen MR) is 86.2 cm³/mol. The van der Waals surface area contributed by atoms with Gasteiger partial charge in [0.05, 0.1) is 5.02 Å². The zero-order valence-corrected chi connectivity index (χ0v) is 13.8. The van der Waals surface area contributed by atoms with Crippen LogP contribution in [-0.4, -0.2) is 19.3 Å². The van der Waals surface area contributed by atoms with Gasteiger partial charge in [-0.2, -0.15) is 4.31 Å². The Morgan fingerprint density at radius 1 is 1.38 bits per heavy atom. The van der Waals surface area contributed by atoms with Crippen LogP contribution in [0.4, 0.5) is 5.69 Å². The SMILES string of the molecule is CC1c2ccsc2CCN1S(=O)(=O)c1ccc(N)cc1Cl. The molecule has 7 heteroatoms. The quantitative estimate of drug-likeness (QED) is 0.852. The number of anilines is 1. The van der Waals surface area contributed by atoms with E-state index in [-0.39, 0.29) is 16.0 Å². The topological polar surface area (TPSA) is 63.4 Å². The Labute approximate surface area is 133 Å². The van der Waals surface area contributed by atoms with Gasteiger partial charge in [0.1, 0.15) is 4.90 Å². The molecule has 1 aromatic heterocycles. The van der Waals surface area contributed by atoms with Gasteiger partial charge in [0.2, 0.25) is 10.0 Å². The standard InChI is InChI=1S/C14H15ClN2O2S2/c1-9-11-5-7-20-13(11)4-6-17(9)21(18,19)14-3-2-10(16)8-12(14)15/h2-3,5,7-9H,4,6,16H2,1H3. The van der Waals surface area contributed by atoms with E-state index in [4.69, 9.17) is 17.3 Å². The van der Waals surface area contributed by atoms with Crippen LogP contribution in [0.5, 0.6) is 0 Å². The first kappa shape index (κ1) is 14.8. The van der Waals surface area contributed by atoms with Crippen molar-refractivity contribution in [2.75, 3.05) is 12.3 Å². The number of nitrogens with zero attached hydrogens (tertiary/aromatic N) is 1. The molecule has 2 heterocycles. The monoisotopic (exact) mass is 342 g/mol. The molecule has 0 amide bonds. The van der Waals surface area contributed by atoms with Gasteiger partial charge < -0.3 is 5.73 Å². The summed E-state index contributed by atoms with van der Waals surface area (Å²) in [4.78, 5) is 1.38. The van der Waals surface area contributed by atoms with Crippen molar-refractivity contribution in [3.8, 4) is 0 Å². The van der Waals surface area contributed by atoms with E-state index >= 15 is 0 Å². The molecule has 0 aliphatic carbocycles. The van der Waals surface area contributed by atoms with Gasteiger partial charge in [-0.05, 0) is 48.6 Å². The summed E-state index contributed by atoms with van der Waals surface area (Å²) in [5, 5.41) is 2.17. The van der Waals surface area contributed by atoms with Crippen LogP contribution in [0.25, 0.3) is 0 Å². The molecule has 0 saturated heterocycles. The second kappa shape index (κ2) is 5.28. The number of thiophene rings is 1. The number of hydrogen-bond acceptors (Lipinski definition) is 4. The molecule has 1 atom stereocenters. The molecule has 0 fully saturated rings. The summed E-state index contributed by atoms with van der Waals surface area (Å²) >= 11 is 7.75. The Bertz CT molecular complexity index is 786. The predicted octanol–water partition coefficient (Wildman–Crippen LogP) is 3.29. The van der Waals surface area contributed by atoms with Crippen LogP contribution in [0.15, 0.2) is 34.5 Å². The number of nitrogen functional groups attached to an aromatic ring is 1. The summed E-state index contributed by atoms with van der Waals surface area (Å²) in [7, 11) is -3.63. The summed E-state index contributed by atoms with van der Waals surface area (Å²) in [6.07, 6.45) is 0.739. The molecule has 2 aromatic rings. The third-order valence-electron chi connectivity index (χ3n) is 3.76. The molecule has 1 aliphatic heterocycles. The summed E-state index contributed by atoms with van der Waals surface area (Å²) < 4.78 is 27.2. The van der Waals surface area contributed by atoms with Gasteiger partial charge in [-0.1, -0.05) is 11.6 Å². The second-order valence-electron chi connectivity index (χ2n) is 5.03. The fourth-order valence-corrected chi connectivity index (χ4v) is 5.77. The number of nitrogens with two attached hydrogens (primary N) is 1. The van der Waals surface area contributed by atoms with Crippen molar-refractivity contribution in [2.24, 2.45) is 0 Å². The van der Waals surface area contributed by atoms with Crippen molar-refractivity contribution in [1.82, 2.24) is 4.31 Å². The summed E-state index contributed by atoms with van der Waals surface area (Å²) in [6, 6.07) is 6.32. The Hall–Kier alpha value is -1.08. The molecular formula is C14H15ClN2O2S2. The highest BCUT2D eigenvalue weighted by atomic mass is 35.5. The van der Waals surface area contributed by atoms with Crippen LogP contribution in [0.1, 0.15) is 23.4 Å². The first-order chi connectivity index (χ1) is 9.91. The lowest BCUT2D eigenvalue weighted by atomic mass is 10.0. The molecule has 3 rings (SSSR count). The first-order valence-electron chi connectivity index (χ1n) is 6.54. The molecule has 1 aliphatic rings. The molecule has 1 unspecified atom stereocenters. The number of hydrogen-bond donors (Lipinski definition) is 1. The third kappa shape index (κ3) is 2.46. The summed E-state index contributed by atoms with van der Waals surface area (Å²) in [6.45, 7) is 2.38. The lowest BCUT2D eigenvalue weighted by Crippen LogP contribution is -2.38. The molecule has 0 saturated carbocycles. The van der Waals surface area contributed by atoms with Crippen LogP contribution in [-0.2, 0) is 16.4 Å². The lowest BCUT2D eigenvalue weighted by molar-refractivity contribution is 0.329. The Balaban J connectivity index is 2.03. The minimum absolute atomic E-state index is 0.115. The maximum Gasteiger partial charge on any atom is 0.245 e. The highest BCUT2D eigenvalue weighted by molar-refractivity contribution is 7.89. The molecule has 0 spiro atoms. The zero-order chi connectivity index (χ0) is 15.2. The molecule has 4 nitrogen and oxygen atoms in total. The van der Waals surface area contributed by atoms with E-state index in [2.05, 4.69) is 0 Å². The Morgan fingerprint density at radius 2 is 2.14 bits per heavy atom. The van der Waals surface area contributed by atoms with Crippen LogP contribution >= 0.6 is 22.9 Å². The van der Waals surface area contributed by atoms with Crippen LogP contribution in [0.3, 0.4) is 0 Å². The maximum atomic E-state index is 12.9. The van der Waals surface area contributed by atoms with Crippen molar-refractivity contribution in [1.29, 1.82) is 0 Å². The van der Waals surface area contributed by atoms with Crippen LogP contribution in [0.2, 0.25) is 5.02 Å². The average molecular weight is 343 g/mol. The van der Waals surface area contributed by atoms with E-state index in [1.165, 1.54) is 21.3 Å². The summed E-state index contributed by atoms with van der Waals surface area (Å²) in [5.74, 6) is 0. The fourth-order valence-electron chi connectivity index (χ4n) is 2.67. The van der Waals surface area contributed by atoms with E-state index in [0.29, 0.717) is 12.2 Å². The molecular weight excluding hydrogens is 328 g/mol. The van der Waals surface area contributed by atoms with Gasteiger partial charge >= 0.3 is 0 Å². The largest absolute Gasteiger partial charge is 0.399 e. The Kier molecular flexibility index (Phi) is 3.73. The van der Waals surface area contributed by atoms with Gasteiger partial charge in [0.15, 0.2) is 0 Å². The van der Waals surface area contributed by atoms with Gasteiger partial charge in [-0.15, -0.1) is 11.3 Å². The highest BCUT2D eigenvalue weighted by Crippen LogP contribution is 2.37. The third-order valence-corrected chi connectivity index (χ3v) is 7.21. The van der Waals surface area contributed by atoms with E-state index in [0.717, 1.165) is 12.0 Å².